The SMILES string of the molecule is CC1(c2cc(NC(=O)c3ncc(C(F)F)nc3N)ccc2F)COC(C)(C(F)(F)F)C(N)=N1. The molecule has 8 nitrogen and oxygen atoms in total. The fraction of sp³-hybridized carbons (Fsp3) is 0.368. The molecular weight excluding hydrogens is 458 g/mol. The maximum atomic E-state index is 14.6. The van der Waals surface area contributed by atoms with Crippen LogP contribution in [0.25, 0.3) is 0 Å². The molecule has 0 saturated heterocycles. The number of nitrogens with two attached hydrogens (primary N) is 2. The molecule has 1 aromatic heterocycles. The number of nitrogens with one attached hydrogen (secondary N) is 1. The molecule has 0 radical (unpaired) electrons. The Hall–Kier alpha value is -3.42. The van der Waals surface area contributed by atoms with E-state index in [1.165, 1.54) is 6.92 Å². The molecule has 0 bridgehead atoms. The summed E-state index contributed by atoms with van der Waals surface area (Å²) in [4.78, 5) is 23.3. The number of amidine groups is 1. The Balaban J connectivity index is 1.91. The van der Waals surface area contributed by atoms with Crippen molar-refractivity contribution in [2.75, 3.05) is 17.7 Å². The predicted octanol–water partition coefficient (Wildman–Crippen LogP) is 3.31. The number of ether oxygens (including phenoxy) is 1. The molecule has 0 aliphatic carbocycles. The lowest BCUT2D eigenvalue weighted by atomic mass is 9.89. The van der Waals surface area contributed by atoms with Crippen LogP contribution in [0.4, 0.5) is 37.8 Å². The summed E-state index contributed by atoms with van der Waals surface area (Å²) < 4.78 is 84.8. The maximum Gasteiger partial charge on any atom is 0.424 e. The number of hydrogen-bond donors (Lipinski definition) is 3. The molecule has 3 rings (SSSR count). The third-order valence-electron chi connectivity index (χ3n) is 5.10. The number of anilines is 2. The fourth-order valence-electron chi connectivity index (χ4n) is 3.03. The van der Waals surface area contributed by atoms with E-state index in [9.17, 15) is 31.1 Å². The van der Waals surface area contributed by atoms with Gasteiger partial charge in [-0.15, -0.1) is 0 Å². The number of amides is 1. The molecule has 14 heteroatoms. The Morgan fingerprint density at radius 2 is 1.91 bits per heavy atom. The lowest BCUT2D eigenvalue weighted by Gasteiger charge is -2.41. The molecule has 1 aliphatic rings. The molecule has 2 atom stereocenters. The molecule has 5 N–H and O–H groups in total. The second-order valence-corrected chi connectivity index (χ2v) is 7.57. The first-order valence-corrected chi connectivity index (χ1v) is 9.26. The topological polar surface area (TPSA) is 129 Å². The van der Waals surface area contributed by atoms with Crippen molar-refractivity contribution in [2.45, 2.75) is 37.6 Å². The van der Waals surface area contributed by atoms with Gasteiger partial charge in [-0.3, -0.25) is 9.79 Å². The molecule has 0 saturated carbocycles. The van der Waals surface area contributed by atoms with Gasteiger partial charge in [-0.25, -0.2) is 23.1 Å². The van der Waals surface area contributed by atoms with Crippen molar-refractivity contribution >= 4 is 23.2 Å². The first-order chi connectivity index (χ1) is 15.2. The fourth-order valence-corrected chi connectivity index (χ4v) is 3.03. The summed E-state index contributed by atoms with van der Waals surface area (Å²) in [6.07, 6.45) is -7.11. The van der Waals surface area contributed by atoms with E-state index in [4.69, 9.17) is 16.2 Å². The minimum atomic E-state index is -4.85. The Bertz CT molecular complexity index is 1120. The lowest BCUT2D eigenvalue weighted by molar-refractivity contribution is -0.249. The molecule has 33 heavy (non-hydrogen) atoms. The number of aromatic nitrogens is 2. The van der Waals surface area contributed by atoms with E-state index in [1.807, 2.05) is 0 Å². The van der Waals surface area contributed by atoms with Gasteiger partial charge in [-0.05, 0) is 32.0 Å². The van der Waals surface area contributed by atoms with Gasteiger partial charge in [0.05, 0.1) is 12.8 Å². The van der Waals surface area contributed by atoms with Crippen LogP contribution in [0.2, 0.25) is 0 Å². The quantitative estimate of drug-likeness (QED) is 0.581. The van der Waals surface area contributed by atoms with Gasteiger partial charge in [-0.2, -0.15) is 13.2 Å². The Morgan fingerprint density at radius 1 is 1.24 bits per heavy atom. The number of halogens is 6. The first kappa shape index (κ1) is 24.2. The van der Waals surface area contributed by atoms with Crippen LogP contribution in [0.1, 0.15) is 42.0 Å². The summed E-state index contributed by atoms with van der Waals surface area (Å²) in [6, 6.07) is 3.24. The van der Waals surface area contributed by atoms with Crippen LogP contribution >= 0.6 is 0 Å². The van der Waals surface area contributed by atoms with Crippen LogP contribution in [0.5, 0.6) is 0 Å². The average Bonchev–Trinajstić information content (AvgIpc) is 2.71. The third kappa shape index (κ3) is 4.42. The van der Waals surface area contributed by atoms with E-state index in [0.717, 1.165) is 18.2 Å². The van der Waals surface area contributed by atoms with E-state index in [-0.39, 0.29) is 11.3 Å². The summed E-state index contributed by atoms with van der Waals surface area (Å²) in [5.74, 6) is -3.22. The van der Waals surface area contributed by atoms with Crippen LogP contribution in [0.3, 0.4) is 0 Å². The third-order valence-corrected chi connectivity index (χ3v) is 5.10. The normalized spacial score (nSPS) is 23.4. The number of rotatable bonds is 4. The number of nitrogens with zero attached hydrogens (tertiary/aromatic N) is 3. The zero-order chi connectivity index (χ0) is 24.8. The molecule has 1 aliphatic heterocycles. The van der Waals surface area contributed by atoms with Crippen molar-refractivity contribution in [3.8, 4) is 0 Å². The molecule has 0 spiro atoms. The van der Waals surface area contributed by atoms with Gasteiger partial charge in [0.15, 0.2) is 11.5 Å². The van der Waals surface area contributed by atoms with E-state index >= 15 is 0 Å². The van der Waals surface area contributed by atoms with Crippen molar-refractivity contribution in [3.05, 3.63) is 47.2 Å². The number of nitrogen functional groups attached to an aromatic ring is 1. The first-order valence-electron chi connectivity index (χ1n) is 9.26. The Kier molecular flexibility index (Phi) is 6.00. The van der Waals surface area contributed by atoms with E-state index in [2.05, 4.69) is 20.3 Å². The summed E-state index contributed by atoms with van der Waals surface area (Å²) in [6.45, 7) is 1.36. The number of hydrogen-bond acceptors (Lipinski definition) is 7. The molecule has 2 heterocycles. The van der Waals surface area contributed by atoms with Gasteiger partial charge >= 0.3 is 6.18 Å². The highest BCUT2D eigenvalue weighted by atomic mass is 19.4. The largest absolute Gasteiger partial charge is 0.424 e. The molecule has 1 amide bonds. The smallest absolute Gasteiger partial charge is 0.385 e. The highest BCUT2D eigenvalue weighted by Gasteiger charge is 2.59. The number of carbonyl (C=O) groups excluding carboxylic acids is 1. The second-order valence-electron chi connectivity index (χ2n) is 7.57. The molecule has 2 aromatic rings. The summed E-state index contributed by atoms with van der Waals surface area (Å²) in [5, 5.41) is 2.35. The van der Waals surface area contributed by atoms with Crippen LogP contribution in [-0.2, 0) is 10.3 Å². The van der Waals surface area contributed by atoms with Crippen molar-refractivity contribution in [3.63, 3.8) is 0 Å². The zero-order valence-electron chi connectivity index (χ0n) is 17.2. The van der Waals surface area contributed by atoms with Gasteiger partial charge in [0.25, 0.3) is 12.3 Å². The van der Waals surface area contributed by atoms with E-state index in [1.54, 1.807) is 0 Å². The van der Waals surface area contributed by atoms with Crippen LogP contribution in [-0.4, -0.2) is 40.1 Å². The Morgan fingerprint density at radius 3 is 2.45 bits per heavy atom. The molecule has 0 fully saturated rings. The van der Waals surface area contributed by atoms with E-state index < -0.39 is 65.1 Å². The van der Waals surface area contributed by atoms with Gasteiger partial charge in [0.1, 0.15) is 22.9 Å². The minimum absolute atomic E-state index is 0.00492. The summed E-state index contributed by atoms with van der Waals surface area (Å²) in [7, 11) is 0. The highest BCUT2D eigenvalue weighted by molar-refractivity contribution is 6.05. The van der Waals surface area contributed by atoms with Crippen LogP contribution in [0, 0.1) is 5.82 Å². The van der Waals surface area contributed by atoms with Gasteiger partial charge < -0.3 is 21.5 Å². The molecule has 2 unspecified atom stereocenters. The average molecular weight is 476 g/mol. The predicted molar refractivity (Wildman–Crippen MR) is 105 cm³/mol. The van der Waals surface area contributed by atoms with E-state index in [0.29, 0.717) is 13.1 Å². The van der Waals surface area contributed by atoms with Crippen LogP contribution in [0.15, 0.2) is 29.4 Å². The number of benzene rings is 1. The van der Waals surface area contributed by atoms with Gasteiger partial charge in [-0.1, -0.05) is 0 Å². The molecular formula is C19H18F6N6O2. The van der Waals surface area contributed by atoms with Gasteiger partial charge in [0.2, 0.25) is 5.60 Å². The molecule has 1 aromatic carbocycles. The van der Waals surface area contributed by atoms with Gasteiger partial charge in [0, 0.05) is 11.3 Å². The molecule has 178 valence electrons. The maximum absolute atomic E-state index is 14.6. The van der Waals surface area contributed by atoms with Crippen molar-refractivity contribution in [1.29, 1.82) is 0 Å². The van der Waals surface area contributed by atoms with Crippen LogP contribution < -0.4 is 16.8 Å². The second kappa shape index (κ2) is 8.17. The lowest BCUT2D eigenvalue weighted by Crippen LogP contribution is -2.60. The summed E-state index contributed by atoms with van der Waals surface area (Å²) >= 11 is 0. The minimum Gasteiger partial charge on any atom is -0.385 e. The standard InChI is InChI=1S/C19H18F6N6O2/c1-17(7-33-18(2,16(27)31-17)19(23,24)25)9-5-8(3-4-10(9)20)29-15(32)12-14(26)30-11(6-28-12)13(21)22/h3-6,13H,7H2,1-2H3,(H2,26,30)(H2,27,31)(H,29,32). The van der Waals surface area contributed by atoms with Crippen molar-refractivity contribution in [1.82, 2.24) is 9.97 Å². The Labute approximate surface area is 183 Å². The van der Waals surface area contributed by atoms with Crippen molar-refractivity contribution in [2.24, 2.45) is 10.7 Å². The summed E-state index contributed by atoms with van der Waals surface area (Å²) in [5.41, 5.74) is 5.18. The zero-order valence-corrected chi connectivity index (χ0v) is 17.2. The number of carbonyl (C=O) groups is 1. The number of alkyl halides is 5. The highest BCUT2D eigenvalue weighted by Crippen LogP contribution is 2.41. The number of aliphatic imine (C=N–C) groups is 1. The van der Waals surface area contributed by atoms with Crippen molar-refractivity contribution < 1.29 is 35.9 Å². The monoisotopic (exact) mass is 476 g/mol.